The number of nitrogens with one attached hydrogen (secondary N) is 2. The summed E-state index contributed by atoms with van der Waals surface area (Å²) in [7, 11) is -1.52. The Labute approximate surface area is 290 Å². The number of carbonyl (C=O) groups is 2. The summed E-state index contributed by atoms with van der Waals surface area (Å²) in [5.74, 6) is -5.27. The number of hydrogen-bond donors (Lipinski definition) is 2. The van der Waals surface area contributed by atoms with Gasteiger partial charge in [0.2, 0.25) is 11.8 Å². The van der Waals surface area contributed by atoms with Gasteiger partial charge < -0.3 is 19.9 Å². The molecule has 3 atom stereocenters. The Morgan fingerprint density at radius 1 is 1.08 bits per heavy atom. The van der Waals surface area contributed by atoms with Gasteiger partial charge in [-0.25, -0.2) is 13.8 Å². The van der Waals surface area contributed by atoms with E-state index in [1.54, 1.807) is 29.7 Å². The first-order chi connectivity index (χ1) is 23.6. The Hall–Kier alpha value is -3.61. The van der Waals surface area contributed by atoms with Crippen molar-refractivity contribution in [3.8, 4) is 0 Å². The average molecular weight is 754 g/mol. The quantitative estimate of drug-likeness (QED) is 0.0934. The fourth-order valence-corrected chi connectivity index (χ4v) is 6.58. The topological polar surface area (TPSA) is 116 Å². The second kappa shape index (κ2) is 16.0. The van der Waals surface area contributed by atoms with Crippen LogP contribution in [0.25, 0.3) is 11.0 Å². The highest BCUT2D eigenvalue weighted by Gasteiger charge is 2.42. The monoisotopic (exact) mass is 753 g/mol. The molecule has 1 aliphatic rings. The predicted octanol–water partition coefficient (Wildman–Crippen LogP) is 7.71. The fraction of sp³-hybridized carbons (Fsp3) is 0.656. The van der Waals surface area contributed by atoms with Gasteiger partial charge >= 0.3 is 12.4 Å². The molecule has 0 aliphatic heterocycles. The lowest BCUT2D eigenvalue weighted by atomic mass is 9.81. The summed E-state index contributed by atoms with van der Waals surface area (Å²) in [5.41, 5.74) is 1.08. The van der Waals surface area contributed by atoms with E-state index >= 15 is 0 Å². The van der Waals surface area contributed by atoms with Crippen LogP contribution < -0.4 is 10.6 Å². The molecule has 0 spiro atoms. The molecular weight excluding hydrogens is 710 g/mol. The Kier molecular flexibility index (Phi) is 12.6. The minimum Gasteiger partial charge on any atom is -0.361 e. The first-order valence-electron chi connectivity index (χ1n) is 16.7. The molecule has 3 aromatic rings. The number of nitrogens with zero attached hydrogens (tertiary/aromatic N) is 5. The lowest BCUT2D eigenvalue weighted by molar-refractivity contribution is -0.144. The highest BCUT2D eigenvalue weighted by molar-refractivity contribution is 6.76. The maximum atomic E-state index is 14.8. The first kappa shape index (κ1) is 40.2. The van der Waals surface area contributed by atoms with Crippen molar-refractivity contribution in [3.63, 3.8) is 0 Å². The van der Waals surface area contributed by atoms with Crippen LogP contribution in [0.5, 0.6) is 0 Å². The van der Waals surface area contributed by atoms with E-state index in [9.17, 15) is 44.7 Å². The number of benzene rings is 1. The largest absolute Gasteiger partial charge is 0.390 e. The molecule has 2 amide bonds. The Morgan fingerprint density at radius 2 is 1.78 bits per heavy atom. The molecule has 1 saturated carbocycles. The molecule has 4 rings (SSSR count). The van der Waals surface area contributed by atoms with Crippen LogP contribution in [-0.4, -0.2) is 69.3 Å². The van der Waals surface area contributed by atoms with Crippen molar-refractivity contribution in [2.24, 2.45) is 5.92 Å². The van der Waals surface area contributed by atoms with Crippen LogP contribution in [0.2, 0.25) is 25.7 Å². The zero-order chi connectivity index (χ0) is 37.8. The smallest absolute Gasteiger partial charge is 0.361 e. The number of ether oxygens (including phenoxy) is 1. The molecule has 2 N–H and O–H groups in total. The van der Waals surface area contributed by atoms with Crippen molar-refractivity contribution in [1.29, 1.82) is 0 Å². The zero-order valence-corrected chi connectivity index (χ0v) is 29.8. The maximum absolute atomic E-state index is 14.8. The van der Waals surface area contributed by atoms with Crippen molar-refractivity contribution in [1.82, 2.24) is 35.2 Å². The maximum Gasteiger partial charge on any atom is 0.390 e. The highest BCUT2D eigenvalue weighted by Crippen LogP contribution is 2.43. The van der Waals surface area contributed by atoms with Gasteiger partial charge in [-0.15, -0.1) is 5.10 Å². The lowest BCUT2D eigenvalue weighted by Crippen LogP contribution is -2.40. The Morgan fingerprint density at radius 3 is 2.43 bits per heavy atom. The second-order valence-electron chi connectivity index (χ2n) is 14.3. The molecular formula is C32H43F8N7O3Si. The van der Waals surface area contributed by atoms with Gasteiger partial charge in [-0.1, -0.05) is 25.7 Å². The standard InChI is InChI=1S/C32H43F8N7O3Si/c1-20(42-26(48)9-11-31(35,36)37)21-7-8-23-25(16-21)46(19-50-14-15-51(2,3)4)28(43-23)27(22-6-5-10-30(33,34)17-22)44-29(49)24-18-41-47(45-24)13-12-32(38,39)40/h7-8,16,18,20,22,27H,5-6,9-15,17,19H2,1-4H3,(H,42,48)(H,44,49)/t20-,22-,27+/m1/s1. The van der Waals surface area contributed by atoms with Gasteiger partial charge in [0.15, 0.2) is 5.69 Å². The van der Waals surface area contributed by atoms with E-state index in [4.69, 9.17) is 9.72 Å². The fourth-order valence-electron chi connectivity index (χ4n) is 5.83. The summed E-state index contributed by atoms with van der Waals surface area (Å²) in [6.07, 6.45) is -11.6. The summed E-state index contributed by atoms with van der Waals surface area (Å²) >= 11 is 0. The van der Waals surface area contributed by atoms with Gasteiger partial charge in [-0.2, -0.15) is 36.2 Å². The van der Waals surface area contributed by atoms with Crippen molar-refractivity contribution < 1.29 is 49.4 Å². The first-order valence-corrected chi connectivity index (χ1v) is 20.4. The van der Waals surface area contributed by atoms with Crippen LogP contribution in [0, 0.1) is 5.92 Å². The van der Waals surface area contributed by atoms with Crippen molar-refractivity contribution in [3.05, 3.63) is 41.5 Å². The minimum atomic E-state index is -4.49. The molecule has 0 unspecified atom stereocenters. The van der Waals surface area contributed by atoms with Gasteiger partial charge in [0.25, 0.3) is 5.91 Å². The molecule has 0 bridgehead atoms. The van der Waals surface area contributed by atoms with E-state index in [0.29, 0.717) is 29.6 Å². The van der Waals surface area contributed by atoms with E-state index in [1.807, 2.05) is 0 Å². The number of fused-ring (bicyclic) bond motifs is 1. The van der Waals surface area contributed by atoms with Gasteiger partial charge in [-0.3, -0.25) is 9.59 Å². The molecule has 0 saturated heterocycles. The van der Waals surface area contributed by atoms with Crippen molar-refractivity contribution in [2.45, 2.75) is 121 Å². The molecule has 10 nitrogen and oxygen atoms in total. The van der Waals surface area contributed by atoms with Crippen molar-refractivity contribution in [2.75, 3.05) is 6.61 Å². The SMILES string of the molecule is C[C@@H](NC(=O)CCC(F)(F)F)c1ccc2nc([C@@H](NC(=O)c3cnn(CCC(F)(F)F)n3)[C@@H]3CCCC(F)(F)C3)n(COCC[Si](C)(C)C)c2c1. The summed E-state index contributed by atoms with van der Waals surface area (Å²) in [6, 6.07) is 3.91. The van der Waals surface area contributed by atoms with E-state index in [1.165, 1.54) is 0 Å². The predicted molar refractivity (Wildman–Crippen MR) is 173 cm³/mol. The van der Waals surface area contributed by atoms with Crippen LogP contribution in [0.4, 0.5) is 35.1 Å². The van der Waals surface area contributed by atoms with Gasteiger partial charge in [0, 0.05) is 33.9 Å². The average Bonchev–Trinajstić information content (AvgIpc) is 3.63. The summed E-state index contributed by atoms with van der Waals surface area (Å²) in [5, 5.41) is 12.9. The molecule has 1 fully saturated rings. The van der Waals surface area contributed by atoms with Crippen LogP contribution in [0.1, 0.15) is 85.8 Å². The van der Waals surface area contributed by atoms with Crippen molar-refractivity contribution >= 4 is 30.9 Å². The van der Waals surface area contributed by atoms with Crippen LogP contribution in [-0.2, 0) is 22.8 Å². The van der Waals surface area contributed by atoms with E-state index in [2.05, 4.69) is 40.5 Å². The minimum absolute atomic E-state index is 0.0881. The highest BCUT2D eigenvalue weighted by atomic mass is 28.3. The summed E-state index contributed by atoms with van der Waals surface area (Å²) in [6.45, 7) is 7.77. The number of halogens is 8. The summed E-state index contributed by atoms with van der Waals surface area (Å²) < 4.78 is 114. The zero-order valence-electron chi connectivity index (χ0n) is 28.8. The number of amides is 2. The van der Waals surface area contributed by atoms with Crippen LogP contribution in [0.3, 0.4) is 0 Å². The molecule has 19 heteroatoms. The van der Waals surface area contributed by atoms with Crippen LogP contribution in [0.15, 0.2) is 24.4 Å². The lowest BCUT2D eigenvalue weighted by Gasteiger charge is -2.34. The molecule has 284 valence electrons. The van der Waals surface area contributed by atoms with Gasteiger partial charge in [0.1, 0.15) is 12.6 Å². The second-order valence-corrected chi connectivity index (χ2v) is 19.9. The van der Waals surface area contributed by atoms with Gasteiger partial charge in [0.05, 0.1) is 48.7 Å². The normalized spacial score (nSPS) is 18.1. The number of aromatic nitrogens is 5. The number of carbonyl (C=O) groups excluding carboxylic acids is 2. The number of aryl methyl sites for hydroxylation is 1. The third-order valence-corrected chi connectivity index (χ3v) is 10.3. The molecule has 0 radical (unpaired) electrons. The van der Waals surface area contributed by atoms with E-state index < -0.39 is 88.4 Å². The van der Waals surface area contributed by atoms with E-state index in [0.717, 1.165) is 17.0 Å². The Bertz CT molecular complexity index is 1650. The molecule has 1 aliphatic carbocycles. The Balaban J connectivity index is 1.70. The van der Waals surface area contributed by atoms with Crippen LogP contribution >= 0.6 is 0 Å². The summed E-state index contributed by atoms with van der Waals surface area (Å²) in [4.78, 5) is 31.2. The van der Waals surface area contributed by atoms with Gasteiger partial charge in [-0.05, 0) is 49.4 Å². The number of hydrogen-bond acceptors (Lipinski definition) is 6. The third kappa shape index (κ3) is 12.2. The molecule has 51 heavy (non-hydrogen) atoms. The van der Waals surface area contributed by atoms with E-state index in [-0.39, 0.29) is 31.1 Å². The molecule has 2 heterocycles. The number of rotatable bonds is 15. The third-order valence-electron chi connectivity index (χ3n) is 8.61. The molecule has 2 aromatic heterocycles. The molecule has 1 aromatic carbocycles. The number of alkyl halides is 8. The number of imidazole rings is 1.